The quantitative estimate of drug-likeness (QED) is 0.781. The largest absolute Gasteiger partial charge is 0.294 e. The van der Waals surface area contributed by atoms with E-state index in [9.17, 15) is 13.2 Å². The maximum Gasteiger partial charge on any atom is 0.215 e. The van der Waals surface area contributed by atoms with Gasteiger partial charge >= 0.3 is 0 Å². The summed E-state index contributed by atoms with van der Waals surface area (Å²) in [5.74, 6) is -0.183. The molecule has 3 fully saturated rings. The summed E-state index contributed by atoms with van der Waals surface area (Å²) in [6.07, 6.45) is 5.14. The number of nitrogens with one attached hydrogen (secondary N) is 1. The highest BCUT2D eigenvalue weighted by Gasteiger charge is 2.75. The standard InChI is InChI=1S/C14H21NO3S/c1-4-5-10(16)11-9-6-7-14(13(9,2)3)8-15-19(17,18)12(11)14/h4-5,9,11-12,15H,6-8H2,1-3H3/t9?,11?,12-,14?/m1/s1. The Morgan fingerprint density at radius 2 is 2.05 bits per heavy atom. The molecule has 106 valence electrons. The molecule has 0 aromatic carbocycles. The van der Waals surface area contributed by atoms with E-state index in [4.69, 9.17) is 0 Å². The van der Waals surface area contributed by atoms with Crippen LogP contribution in [0.5, 0.6) is 0 Å². The molecule has 0 aromatic rings. The Kier molecular flexibility index (Phi) is 2.59. The molecule has 1 heterocycles. The number of ketones is 1. The lowest BCUT2D eigenvalue weighted by Crippen LogP contribution is -2.42. The van der Waals surface area contributed by atoms with E-state index in [0.29, 0.717) is 6.54 Å². The van der Waals surface area contributed by atoms with Gasteiger partial charge < -0.3 is 0 Å². The maximum absolute atomic E-state index is 12.4. The van der Waals surface area contributed by atoms with Crippen LogP contribution in [0.3, 0.4) is 0 Å². The van der Waals surface area contributed by atoms with Crippen LogP contribution in [0.1, 0.15) is 33.6 Å². The van der Waals surface area contributed by atoms with Crippen molar-refractivity contribution >= 4 is 15.8 Å². The van der Waals surface area contributed by atoms with Crippen molar-refractivity contribution in [3.8, 4) is 0 Å². The first-order valence-electron chi connectivity index (χ1n) is 6.93. The van der Waals surface area contributed by atoms with E-state index in [0.717, 1.165) is 12.8 Å². The van der Waals surface area contributed by atoms with Gasteiger partial charge in [-0.3, -0.25) is 4.79 Å². The molecule has 19 heavy (non-hydrogen) atoms. The van der Waals surface area contributed by atoms with Crippen LogP contribution in [0.25, 0.3) is 0 Å². The average molecular weight is 283 g/mol. The minimum atomic E-state index is -3.35. The fraction of sp³-hybridized carbons (Fsp3) is 0.786. The van der Waals surface area contributed by atoms with E-state index >= 15 is 0 Å². The lowest BCUT2D eigenvalue weighted by molar-refractivity contribution is -0.119. The molecule has 3 unspecified atom stereocenters. The molecule has 0 amide bonds. The number of hydrogen-bond acceptors (Lipinski definition) is 3. The average Bonchev–Trinajstić information content (AvgIpc) is 2.82. The third-order valence-corrected chi connectivity index (χ3v) is 7.96. The molecule has 1 aliphatic heterocycles. The van der Waals surface area contributed by atoms with Gasteiger partial charge in [-0.2, -0.15) is 0 Å². The van der Waals surface area contributed by atoms with E-state index in [2.05, 4.69) is 18.6 Å². The highest BCUT2D eigenvalue weighted by molar-refractivity contribution is 7.90. The molecule has 2 aliphatic carbocycles. The van der Waals surface area contributed by atoms with Gasteiger partial charge in [-0.05, 0) is 37.2 Å². The first-order valence-corrected chi connectivity index (χ1v) is 8.47. The van der Waals surface area contributed by atoms with Crippen LogP contribution in [0.15, 0.2) is 12.2 Å². The summed E-state index contributed by atoms with van der Waals surface area (Å²) in [5, 5.41) is -0.530. The van der Waals surface area contributed by atoms with Gasteiger partial charge in [0.2, 0.25) is 10.0 Å². The van der Waals surface area contributed by atoms with Crippen molar-refractivity contribution in [2.75, 3.05) is 6.54 Å². The zero-order valence-electron chi connectivity index (χ0n) is 11.6. The maximum atomic E-state index is 12.4. The minimum Gasteiger partial charge on any atom is -0.294 e. The summed E-state index contributed by atoms with van der Waals surface area (Å²) in [6.45, 7) is 6.59. The molecule has 1 N–H and O–H groups in total. The van der Waals surface area contributed by atoms with Gasteiger partial charge in [0, 0.05) is 17.9 Å². The van der Waals surface area contributed by atoms with E-state index in [1.54, 1.807) is 19.1 Å². The molecule has 0 aromatic heterocycles. The molecule has 3 rings (SSSR count). The molecule has 0 radical (unpaired) electrons. The first-order chi connectivity index (χ1) is 8.78. The van der Waals surface area contributed by atoms with Crippen LogP contribution in [0.2, 0.25) is 0 Å². The molecule has 1 saturated heterocycles. The second kappa shape index (κ2) is 3.70. The van der Waals surface area contributed by atoms with Crippen molar-refractivity contribution in [1.29, 1.82) is 0 Å². The number of carbonyl (C=O) groups excluding carboxylic acids is 1. The number of carbonyl (C=O) groups is 1. The zero-order chi connectivity index (χ0) is 14.1. The Bertz CT molecular complexity index is 563. The Balaban J connectivity index is 2.15. The van der Waals surface area contributed by atoms with E-state index in [1.165, 1.54) is 0 Å². The summed E-state index contributed by atoms with van der Waals surface area (Å²) >= 11 is 0. The minimum absolute atomic E-state index is 0.0144. The van der Waals surface area contributed by atoms with Gasteiger partial charge in [0.1, 0.15) is 0 Å². The number of sulfonamides is 1. The number of rotatable bonds is 2. The third-order valence-electron chi connectivity index (χ3n) is 6.00. The second-order valence-corrected chi connectivity index (χ2v) is 8.62. The van der Waals surface area contributed by atoms with Crippen LogP contribution < -0.4 is 4.72 Å². The van der Waals surface area contributed by atoms with E-state index in [-0.39, 0.29) is 28.4 Å². The van der Waals surface area contributed by atoms with Crippen LogP contribution in [0, 0.1) is 22.7 Å². The van der Waals surface area contributed by atoms with Crippen molar-refractivity contribution in [1.82, 2.24) is 4.72 Å². The molecule has 2 saturated carbocycles. The number of hydrogen-bond donors (Lipinski definition) is 1. The topological polar surface area (TPSA) is 63.2 Å². The Labute approximate surface area is 114 Å². The monoisotopic (exact) mass is 283 g/mol. The molecule has 2 bridgehead atoms. The van der Waals surface area contributed by atoms with Gasteiger partial charge in [0.05, 0.1) is 5.25 Å². The molecule has 4 nitrogen and oxygen atoms in total. The van der Waals surface area contributed by atoms with Gasteiger partial charge in [-0.25, -0.2) is 13.1 Å². The summed E-state index contributed by atoms with van der Waals surface area (Å²) in [5.41, 5.74) is -0.339. The Hall–Kier alpha value is -0.680. The van der Waals surface area contributed by atoms with E-state index < -0.39 is 15.3 Å². The normalized spacial score (nSPS) is 45.7. The highest BCUT2D eigenvalue weighted by atomic mass is 32.2. The van der Waals surface area contributed by atoms with Crippen molar-refractivity contribution in [2.45, 2.75) is 38.9 Å². The van der Waals surface area contributed by atoms with Crippen molar-refractivity contribution in [3.63, 3.8) is 0 Å². The predicted molar refractivity (Wildman–Crippen MR) is 73.0 cm³/mol. The van der Waals surface area contributed by atoms with Gasteiger partial charge in [0.25, 0.3) is 0 Å². The van der Waals surface area contributed by atoms with Gasteiger partial charge in [-0.1, -0.05) is 19.9 Å². The smallest absolute Gasteiger partial charge is 0.215 e. The molecular formula is C14H21NO3S. The van der Waals surface area contributed by atoms with Crippen LogP contribution in [-0.4, -0.2) is 26.0 Å². The summed E-state index contributed by atoms with van der Waals surface area (Å²) < 4.78 is 27.4. The van der Waals surface area contributed by atoms with Crippen LogP contribution >= 0.6 is 0 Å². The summed E-state index contributed by atoms with van der Waals surface area (Å²) in [4.78, 5) is 12.4. The lowest BCUT2D eigenvalue weighted by atomic mass is 9.69. The van der Waals surface area contributed by atoms with Gasteiger partial charge in [0.15, 0.2) is 5.78 Å². The molecule has 4 atom stereocenters. The predicted octanol–water partition coefficient (Wildman–Crippen LogP) is 1.49. The van der Waals surface area contributed by atoms with Crippen molar-refractivity contribution in [3.05, 3.63) is 12.2 Å². The molecule has 3 aliphatic rings. The molecule has 1 spiro atoms. The SMILES string of the molecule is CC=CC(=O)C1C2CCC3(CNS(=O)(=O)[C@H]13)C2(C)C. The van der Waals surface area contributed by atoms with Crippen LogP contribution in [0.4, 0.5) is 0 Å². The van der Waals surface area contributed by atoms with E-state index in [1.807, 2.05) is 0 Å². The Morgan fingerprint density at radius 3 is 2.68 bits per heavy atom. The first kappa shape index (κ1) is 13.3. The summed E-state index contributed by atoms with van der Waals surface area (Å²) in [6, 6.07) is 0. The van der Waals surface area contributed by atoms with Gasteiger partial charge in [-0.15, -0.1) is 0 Å². The fourth-order valence-corrected chi connectivity index (χ4v) is 7.45. The van der Waals surface area contributed by atoms with Crippen molar-refractivity contribution < 1.29 is 13.2 Å². The molecule has 5 heteroatoms. The summed E-state index contributed by atoms with van der Waals surface area (Å²) in [7, 11) is -3.35. The zero-order valence-corrected chi connectivity index (χ0v) is 12.5. The lowest BCUT2D eigenvalue weighted by Gasteiger charge is -2.36. The van der Waals surface area contributed by atoms with Crippen molar-refractivity contribution in [2.24, 2.45) is 22.7 Å². The van der Waals surface area contributed by atoms with Crippen LogP contribution in [-0.2, 0) is 14.8 Å². The third kappa shape index (κ3) is 1.38. The number of allylic oxidation sites excluding steroid dienone is 2. The Morgan fingerprint density at radius 1 is 1.37 bits per heavy atom. The fourth-order valence-electron chi connectivity index (χ4n) is 5.01. The number of fused-ring (bicyclic) bond motifs is 1. The highest BCUT2D eigenvalue weighted by Crippen LogP contribution is 2.70. The molecular weight excluding hydrogens is 262 g/mol. The second-order valence-electron chi connectivity index (χ2n) is 6.74.